The van der Waals surface area contributed by atoms with Gasteiger partial charge >= 0.3 is 0 Å². The summed E-state index contributed by atoms with van der Waals surface area (Å²) in [7, 11) is 1.78. The van der Waals surface area contributed by atoms with Gasteiger partial charge in [-0.1, -0.05) is 31.4 Å². The van der Waals surface area contributed by atoms with Gasteiger partial charge in [-0.15, -0.1) is 0 Å². The summed E-state index contributed by atoms with van der Waals surface area (Å²) < 4.78 is 18.9. The maximum Gasteiger partial charge on any atom is 0.220 e. The Balaban J connectivity index is 1.66. The zero-order valence-electron chi connectivity index (χ0n) is 15.9. The topological polar surface area (TPSA) is 38.3 Å². The van der Waals surface area contributed by atoms with Crippen molar-refractivity contribution in [1.29, 1.82) is 0 Å². The minimum Gasteiger partial charge on any atom is -0.381 e. The molecular weight excluding hydrogens is 329 g/mol. The minimum absolute atomic E-state index is 0.153. The molecule has 0 spiro atoms. The number of benzene rings is 1. The lowest BCUT2D eigenvalue weighted by molar-refractivity contribution is -0.122. The van der Waals surface area contributed by atoms with Crippen molar-refractivity contribution in [2.24, 2.45) is 5.92 Å². The minimum atomic E-state index is -0.220. The van der Waals surface area contributed by atoms with Crippen LogP contribution < -0.4 is 5.32 Å². The van der Waals surface area contributed by atoms with Gasteiger partial charge in [0.2, 0.25) is 5.91 Å². The lowest BCUT2D eigenvalue weighted by Gasteiger charge is -2.34. The Labute approximate surface area is 156 Å². The van der Waals surface area contributed by atoms with Crippen LogP contribution in [0.1, 0.15) is 75.7 Å². The first-order chi connectivity index (χ1) is 12.7. The molecule has 144 valence electrons. The number of hydrogen-bond acceptors (Lipinski definition) is 2. The highest BCUT2D eigenvalue weighted by atomic mass is 19.1. The number of hydrogen-bond donors (Lipinski definition) is 1. The van der Waals surface area contributed by atoms with Gasteiger partial charge in [-0.2, -0.15) is 0 Å². The molecule has 1 unspecified atom stereocenters. The molecule has 4 heteroatoms. The van der Waals surface area contributed by atoms with Crippen LogP contribution in [0.5, 0.6) is 0 Å². The summed E-state index contributed by atoms with van der Waals surface area (Å²) in [4.78, 5) is 12.7. The van der Waals surface area contributed by atoms with Crippen molar-refractivity contribution in [2.45, 2.75) is 82.3 Å². The van der Waals surface area contributed by atoms with Crippen molar-refractivity contribution >= 4 is 5.91 Å². The highest BCUT2D eigenvalue weighted by Gasteiger charge is 2.30. The first-order valence-corrected chi connectivity index (χ1v) is 10.2. The van der Waals surface area contributed by atoms with E-state index in [0.717, 1.165) is 44.1 Å². The number of amides is 1. The van der Waals surface area contributed by atoms with Gasteiger partial charge in [0.1, 0.15) is 5.82 Å². The van der Waals surface area contributed by atoms with E-state index >= 15 is 0 Å². The average Bonchev–Trinajstić information content (AvgIpc) is 2.68. The Morgan fingerprint density at radius 3 is 2.35 bits per heavy atom. The Morgan fingerprint density at radius 2 is 1.73 bits per heavy atom. The van der Waals surface area contributed by atoms with Gasteiger partial charge in [0, 0.05) is 19.6 Å². The van der Waals surface area contributed by atoms with E-state index in [4.69, 9.17) is 4.74 Å². The van der Waals surface area contributed by atoms with Gasteiger partial charge < -0.3 is 10.1 Å². The summed E-state index contributed by atoms with van der Waals surface area (Å²) >= 11 is 0. The molecule has 0 aliphatic heterocycles. The second kappa shape index (κ2) is 9.50. The van der Waals surface area contributed by atoms with Crippen molar-refractivity contribution in [3.05, 3.63) is 35.6 Å². The van der Waals surface area contributed by atoms with Crippen LogP contribution in [-0.2, 0) is 9.53 Å². The third-order valence-electron chi connectivity index (χ3n) is 6.29. The van der Waals surface area contributed by atoms with Gasteiger partial charge in [0.05, 0.1) is 6.10 Å². The van der Waals surface area contributed by atoms with Crippen LogP contribution in [0.15, 0.2) is 24.3 Å². The summed E-state index contributed by atoms with van der Waals surface area (Å²) in [6.07, 6.45) is 11.0. The van der Waals surface area contributed by atoms with Gasteiger partial charge in [0.25, 0.3) is 0 Å². The molecule has 2 fully saturated rings. The molecule has 2 saturated carbocycles. The summed E-state index contributed by atoms with van der Waals surface area (Å²) in [6, 6.07) is 7.09. The molecule has 2 aliphatic rings. The zero-order chi connectivity index (χ0) is 18.4. The van der Waals surface area contributed by atoms with E-state index in [2.05, 4.69) is 5.32 Å². The lowest BCUT2D eigenvalue weighted by Crippen LogP contribution is -2.37. The van der Waals surface area contributed by atoms with E-state index in [-0.39, 0.29) is 17.6 Å². The molecule has 0 saturated heterocycles. The third-order valence-corrected chi connectivity index (χ3v) is 6.29. The monoisotopic (exact) mass is 361 g/mol. The molecule has 1 N–H and O–H groups in total. The largest absolute Gasteiger partial charge is 0.381 e. The van der Waals surface area contributed by atoms with Crippen LogP contribution in [0.4, 0.5) is 4.39 Å². The highest BCUT2D eigenvalue weighted by molar-refractivity contribution is 5.77. The van der Waals surface area contributed by atoms with E-state index in [1.807, 2.05) is 12.1 Å². The average molecular weight is 362 g/mol. The lowest BCUT2D eigenvalue weighted by atomic mass is 9.74. The molecule has 3 rings (SSSR count). The van der Waals surface area contributed by atoms with E-state index in [1.165, 1.54) is 31.4 Å². The SMILES string of the molecule is COC1CCC(C(CC(=O)NC2CCCCC2)c2ccc(F)cc2)CC1. The quantitative estimate of drug-likeness (QED) is 0.778. The number of halogens is 1. The molecule has 3 nitrogen and oxygen atoms in total. The molecule has 0 heterocycles. The van der Waals surface area contributed by atoms with Crippen LogP contribution in [0.25, 0.3) is 0 Å². The summed E-state index contributed by atoms with van der Waals surface area (Å²) in [5.74, 6) is 0.559. The van der Waals surface area contributed by atoms with Crippen LogP contribution in [0.2, 0.25) is 0 Å². The van der Waals surface area contributed by atoms with E-state index in [0.29, 0.717) is 24.5 Å². The fourth-order valence-corrected chi connectivity index (χ4v) is 4.73. The van der Waals surface area contributed by atoms with Gasteiger partial charge in [-0.25, -0.2) is 4.39 Å². The third kappa shape index (κ3) is 5.29. The van der Waals surface area contributed by atoms with Crippen LogP contribution >= 0.6 is 0 Å². The number of methoxy groups -OCH3 is 1. The van der Waals surface area contributed by atoms with Crippen LogP contribution in [0.3, 0.4) is 0 Å². The summed E-state index contributed by atoms with van der Waals surface area (Å²) in [5.41, 5.74) is 1.09. The van der Waals surface area contributed by atoms with Crippen molar-refractivity contribution in [3.63, 3.8) is 0 Å². The molecule has 2 aliphatic carbocycles. The van der Waals surface area contributed by atoms with Crippen LogP contribution in [0, 0.1) is 11.7 Å². The predicted octanol–water partition coefficient (Wildman–Crippen LogP) is 4.95. The second-order valence-electron chi connectivity index (χ2n) is 8.04. The predicted molar refractivity (Wildman–Crippen MR) is 102 cm³/mol. The Kier molecular flexibility index (Phi) is 7.07. The maximum atomic E-state index is 13.4. The first kappa shape index (κ1) is 19.3. The molecular formula is C22H32FNO2. The fraction of sp³-hybridized carbons (Fsp3) is 0.682. The van der Waals surface area contributed by atoms with Crippen molar-refractivity contribution in [3.8, 4) is 0 Å². The Morgan fingerprint density at radius 1 is 1.08 bits per heavy atom. The number of ether oxygens (including phenoxy) is 1. The molecule has 1 aromatic carbocycles. The maximum absolute atomic E-state index is 13.4. The zero-order valence-corrected chi connectivity index (χ0v) is 15.9. The summed E-state index contributed by atoms with van der Waals surface area (Å²) in [6.45, 7) is 0. The van der Waals surface area contributed by atoms with Crippen molar-refractivity contribution in [2.75, 3.05) is 7.11 Å². The molecule has 26 heavy (non-hydrogen) atoms. The molecule has 0 bridgehead atoms. The van der Waals surface area contributed by atoms with Gasteiger partial charge in [0.15, 0.2) is 0 Å². The molecule has 0 radical (unpaired) electrons. The first-order valence-electron chi connectivity index (χ1n) is 10.2. The highest BCUT2D eigenvalue weighted by Crippen LogP contribution is 2.39. The summed E-state index contributed by atoms with van der Waals surface area (Å²) in [5, 5.41) is 3.25. The molecule has 0 aromatic heterocycles. The van der Waals surface area contributed by atoms with E-state index in [1.54, 1.807) is 7.11 Å². The second-order valence-corrected chi connectivity index (χ2v) is 8.04. The molecule has 1 amide bonds. The van der Waals surface area contributed by atoms with Gasteiger partial charge in [-0.05, 0) is 68.1 Å². The number of rotatable bonds is 6. The number of carbonyl (C=O) groups is 1. The molecule has 1 atom stereocenters. The Hall–Kier alpha value is -1.42. The smallest absolute Gasteiger partial charge is 0.220 e. The Bertz CT molecular complexity index is 560. The van der Waals surface area contributed by atoms with Crippen molar-refractivity contribution < 1.29 is 13.9 Å². The van der Waals surface area contributed by atoms with Crippen LogP contribution in [-0.4, -0.2) is 25.2 Å². The van der Waals surface area contributed by atoms with Gasteiger partial charge in [-0.3, -0.25) is 4.79 Å². The van der Waals surface area contributed by atoms with E-state index in [9.17, 15) is 9.18 Å². The number of carbonyl (C=O) groups excluding carboxylic acids is 1. The molecule has 1 aromatic rings. The fourth-order valence-electron chi connectivity index (χ4n) is 4.73. The normalized spacial score (nSPS) is 25.6. The number of nitrogens with one attached hydrogen (secondary N) is 1. The standard InChI is InChI=1S/C22H32FNO2/c1-26-20-13-9-17(10-14-20)21(16-7-11-18(23)12-8-16)15-22(25)24-19-5-3-2-4-6-19/h7-8,11-12,17,19-21H,2-6,9-10,13-15H2,1H3,(H,24,25). The van der Waals surface area contributed by atoms with E-state index < -0.39 is 0 Å². The van der Waals surface area contributed by atoms with Crippen molar-refractivity contribution in [1.82, 2.24) is 5.32 Å².